The van der Waals surface area contributed by atoms with Crippen molar-refractivity contribution in [2.75, 3.05) is 31.1 Å². The van der Waals surface area contributed by atoms with Crippen LogP contribution in [0.2, 0.25) is 0 Å². The Balaban J connectivity index is 1.70. The first-order valence-corrected chi connectivity index (χ1v) is 7.86. The lowest BCUT2D eigenvalue weighted by Gasteiger charge is -2.35. The van der Waals surface area contributed by atoms with Gasteiger partial charge in [-0.2, -0.15) is 12.7 Å². The van der Waals surface area contributed by atoms with Gasteiger partial charge in [-0.15, -0.1) is 0 Å². The molecule has 6 nitrogen and oxygen atoms in total. The zero-order chi connectivity index (χ0) is 14.0. The van der Waals surface area contributed by atoms with Gasteiger partial charge in [0.15, 0.2) is 0 Å². The molecule has 1 aromatic carbocycles. The quantitative estimate of drug-likeness (QED) is 0.839. The van der Waals surface area contributed by atoms with E-state index in [2.05, 4.69) is 9.88 Å². The van der Waals surface area contributed by atoms with Gasteiger partial charge in [-0.25, -0.2) is 8.96 Å². The molecule has 0 unspecified atom stereocenters. The third-order valence-corrected chi connectivity index (χ3v) is 5.20. The SMILES string of the molecule is O=S(=O)(N1CCN(c2ccccc2)CC1)n1ccnc1. The molecule has 1 aliphatic heterocycles. The van der Waals surface area contributed by atoms with Crippen molar-refractivity contribution in [2.45, 2.75) is 0 Å². The lowest BCUT2D eigenvalue weighted by Crippen LogP contribution is -2.50. The largest absolute Gasteiger partial charge is 0.369 e. The van der Waals surface area contributed by atoms with Crippen molar-refractivity contribution in [2.24, 2.45) is 0 Å². The van der Waals surface area contributed by atoms with Gasteiger partial charge in [-0.1, -0.05) is 18.2 Å². The van der Waals surface area contributed by atoms with Gasteiger partial charge in [0.1, 0.15) is 6.33 Å². The van der Waals surface area contributed by atoms with E-state index in [1.165, 1.54) is 23.0 Å². The zero-order valence-corrected chi connectivity index (χ0v) is 11.8. The smallest absolute Gasteiger partial charge is 0.308 e. The number of para-hydroxylation sites is 1. The molecular formula is C13H16N4O2S. The summed E-state index contributed by atoms with van der Waals surface area (Å²) in [6, 6.07) is 10.0. The van der Waals surface area contributed by atoms with Crippen LogP contribution in [0.3, 0.4) is 0 Å². The molecule has 1 saturated heterocycles. The summed E-state index contributed by atoms with van der Waals surface area (Å²) >= 11 is 0. The van der Waals surface area contributed by atoms with Crippen LogP contribution in [0.1, 0.15) is 0 Å². The van der Waals surface area contributed by atoms with Crippen LogP contribution in [0.4, 0.5) is 5.69 Å². The number of imidazole rings is 1. The molecule has 3 rings (SSSR count). The van der Waals surface area contributed by atoms with Crippen molar-refractivity contribution >= 4 is 15.9 Å². The van der Waals surface area contributed by atoms with Crippen molar-refractivity contribution in [1.82, 2.24) is 13.3 Å². The predicted octanol–water partition coefficient (Wildman–Crippen LogP) is 0.798. The highest BCUT2D eigenvalue weighted by atomic mass is 32.2. The molecular weight excluding hydrogens is 276 g/mol. The summed E-state index contributed by atoms with van der Waals surface area (Å²) in [4.78, 5) is 5.99. The van der Waals surface area contributed by atoms with E-state index < -0.39 is 10.2 Å². The standard InChI is InChI=1S/C13H16N4O2S/c18-20(19,17-7-6-14-12-17)16-10-8-15(9-11-16)13-4-2-1-3-5-13/h1-7,12H,8-11H2. The Hall–Kier alpha value is -1.86. The summed E-state index contributed by atoms with van der Waals surface area (Å²) < 4.78 is 27.3. The number of aromatic nitrogens is 2. The van der Waals surface area contributed by atoms with E-state index >= 15 is 0 Å². The monoisotopic (exact) mass is 292 g/mol. The fraction of sp³-hybridized carbons (Fsp3) is 0.308. The molecule has 106 valence electrons. The van der Waals surface area contributed by atoms with Crippen molar-refractivity contribution in [3.8, 4) is 0 Å². The van der Waals surface area contributed by atoms with E-state index in [0.29, 0.717) is 26.2 Å². The Bertz CT molecular complexity index is 647. The summed E-state index contributed by atoms with van der Waals surface area (Å²) in [5, 5.41) is 0. The van der Waals surface area contributed by atoms with Crippen molar-refractivity contribution in [3.05, 3.63) is 49.1 Å². The number of nitrogens with zero attached hydrogens (tertiary/aromatic N) is 4. The van der Waals surface area contributed by atoms with Gasteiger partial charge < -0.3 is 4.90 Å². The Kier molecular flexibility index (Phi) is 3.45. The highest BCUT2D eigenvalue weighted by Crippen LogP contribution is 2.17. The Labute approximate surface area is 118 Å². The highest BCUT2D eigenvalue weighted by molar-refractivity contribution is 7.87. The van der Waals surface area contributed by atoms with Gasteiger partial charge in [0.05, 0.1) is 0 Å². The number of hydrogen-bond donors (Lipinski definition) is 0. The fourth-order valence-corrected chi connectivity index (χ4v) is 3.61. The molecule has 7 heteroatoms. The number of piperazine rings is 1. The van der Waals surface area contributed by atoms with Gasteiger partial charge in [-0.3, -0.25) is 0 Å². The lowest BCUT2D eigenvalue weighted by molar-refractivity contribution is 0.380. The lowest BCUT2D eigenvalue weighted by atomic mass is 10.2. The van der Waals surface area contributed by atoms with Crippen molar-refractivity contribution in [3.63, 3.8) is 0 Å². The summed E-state index contributed by atoms with van der Waals surface area (Å²) in [7, 11) is -3.46. The average molecular weight is 292 g/mol. The Morgan fingerprint density at radius 3 is 2.30 bits per heavy atom. The second kappa shape index (κ2) is 5.26. The maximum absolute atomic E-state index is 12.3. The summed E-state index contributed by atoms with van der Waals surface area (Å²) in [6.45, 7) is 2.35. The Morgan fingerprint density at radius 1 is 1.00 bits per heavy atom. The van der Waals surface area contributed by atoms with E-state index in [-0.39, 0.29) is 0 Å². The molecule has 0 aliphatic carbocycles. The first-order chi connectivity index (χ1) is 9.68. The zero-order valence-electron chi connectivity index (χ0n) is 11.0. The van der Waals surface area contributed by atoms with Crippen LogP contribution in [0, 0.1) is 0 Å². The third kappa shape index (κ3) is 2.41. The van der Waals surface area contributed by atoms with E-state index in [0.717, 1.165) is 9.66 Å². The van der Waals surface area contributed by atoms with Crippen LogP contribution in [-0.4, -0.2) is 47.9 Å². The van der Waals surface area contributed by atoms with E-state index in [1.54, 1.807) is 0 Å². The molecule has 2 aromatic rings. The fourth-order valence-electron chi connectivity index (χ4n) is 2.33. The molecule has 0 spiro atoms. The molecule has 0 radical (unpaired) electrons. The molecule has 2 heterocycles. The van der Waals surface area contributed by atoms with Gasteiger partial charge in [0.2, 0.25) is 0 Å². The van der Waals surface area contributed by atoms with Crippen LogP contribution in [0.15, 0.2) is 49.1 Å². The maximum Gasteiger partial charge on any atom is 0.308 e. The van der Waals surface area contributed by atoms with E-state index in [9.17, 15) is 8.42 Å². The summed E-state index contributed by atoms with van der Waals surface area (Å²) in [5.41, 5.74) is 1.13. The van der Waals surface area contributed by atoms with E-state index in [4.69, 9.17) is 0 Å². The van der Waals surface area contributed by atoms with Crippen molar-refractivity contribution < 1.29 is 8.42 Å². The first kappa shape index (κ1) is 13.1. The van der Waals surface area contributed by atoms with Crippen LogP contribution < -0.4 is 4.90 Å². The number of anilines is 1. The molecule has 1 aliphatic rings. The third-order valence-electron chi connectivity index (χ3n) is 3.43. The number of rotatable bonds is 3. The molecule has 1 aromatic heterocycles. The topological polar surface area (TPSA) is 58.4 Å². The average Bonchev–Trinajstić information content (AvgIpc) is 3.03. The Morgan fingerprint density at radius 2 is 1.70 bits per heavy atom. The normalized spacial score (nSPS) is 17.3. The van der Waals surface area contributed by atoms with E-state index in [1.807, 2.05) is 30.3 Å². The maximum atomic E-state index is 12.3. The van der Waals surface area contributed by atoms with Crippen LogP contribution >= 0.6 is 0 Å². The van der Waals surface area contributed by atoms with Crippen LogP contribution in [0.5, 0.6) is 0 Å². The molecule has 1 fully saturated rings. The van der Waals surface area contributed by atoms with Gasteiger partial charge in [0, 0.05) is 44.3 Å². The number of benzene rings is 1. The van der Waals surface area contributed by atoms with Gasteiger partial charge in [-0.05, 0) is 12.1 Å². The van der Waals surface area contributed by atoms with Crippen LogP contribution in [0.25, 0.3) is 0 Å². The second-order valence-electron chi connectivity index (χ2n) is 4.62. The van der Waals surface area contributed by atoms with Crippen LogP contribution in [-0.2, 0) is 10.2 Å². The summed E-state index contributed by atoms with van der Waals surface area (Å²) in [5.74, 6) is 0. The molecule has 20 heavy (non-hydrogen) atoms. The molecule has 0 atom stereocenters. The molecule has 0 N–H and O–H groups in total. The molecule has 0 bridgehead atoms. The molecule has 0 amide bonds. The van der Waals surface area contributed by atoms with Gasteiger partial charge >= 0.3 is 10.2 Å². The first-order valence-electron chi connectivity index (χ1n) is 6.46. The minimum Gasteiger partial charge on any atom is -0.369 e. The molecule has 0 saturated carbocycles. The van der Waals surface area contributed by atoms with Crippen molar-refractivity contribution in [1.29, 1.82) is 0 Å². The minimum absolute atomic E-state index is 0.482. The highest BCUT2D eigenvalue weighted by Gasteiger charge is 2.27. The number of hydrogen-bond acceptors (Lipinski definition) is 4. The minimum atomic E-state index is -3.46. The second-order valence-corrected chi connectivity index (χ2v) is 6.46. The van der Waals surface area contributed by atoms with Gasteiger partial charge in [0.25, 0.3) is 0 Å². The summed E-state index contributed by atoms with van der Waals surface area (Å²) in [6.07, 6.45) is 4.25. The predicted molar refractivity (Wildman–Crippen MR) is 76.8 cm³/mol.